The summed E-state index contributed by atoms with van der Waals surface area (Å²) >= 11 is 0. The van der Waals surface area contributed by atoms with E-state index < -0.39 is 0 Å². The molecule has 0 spiro atoms. The van der Waals surface area contributed by atoms with Crippen LogP contribution in [0.5, 0.6) is 0 Å². The lowest BCUT2D eigenvalue weighted by atomic mass is 9.90. The second-order valence-electron chi connectivity index (χ2n) is 5.19. The summed E-state index contributed by atoms with van der Waals surface area (Å²) in [5.74, 6) is 6.25. The number of unbranched alkanes of at least 4 members (excludes halogenated alkanes) is 5. The Morgan fingerprint density at radius 3 is 1.94 bits per heavy atom. The fourth-order valence-electron chi connectivity index (χ4n) is 1.57. The molecule has 0 saturated heterocycles. The van der Waals surface area contributed by atoms with E-state index in [4.69, 9.17) is 9.31 Å². The highest BCUT2D eigenvalue weighted by molar-refractivity contribution is 6.54. The van der Waals surface area contributed by atoms with E-state index in [1.807, 2.05) is 27.7 Å². The molecule has 0 unspecified atom stereocenters. The monoisotopic (exact) mass is 252 g/mol. The quantitative estimate of drug-likeness (QED) is 0.347. The van der Waals surface area contributed by atoms with Crippen LogP contribution in [0.15, 0.2) is 0 Å². The van der Waals surface area contributed by atoms with Crippen LogP contribution in [0.25, 0.3) is 0 Å². The summed E-state index contributed by atoms with van der Waals surface area (Å²) in [6.45, 7) is 10.2. The Labute approximate surface area is 114 Å². The van der Waals surface area contributed by atoms with Crippen molar-refractivity contribution < 1.29 is 9.31 Å². The van der Waals surface area contributed by atoms with Crippen molar-refractivity contribution in [1.82, 2.24) is 0 Å². The molecule has 104 valence electrons. The van der Waals surface area contributed by atoms with Crippen LogP contribution in [0.2, 0.25) is 0 Å². The molecule has 3 heteroatoms. The summed E-state index contributed by atoms with van der Waals surface area (Å²) in [7, 11) is -0.374. The predicted molar refractivity (Wildman–Crippen MR) is 79.3 cm³/mol. The highest BCUT2D eigenvalue weighted by Gasteiger charge is 2.18. The van der Waals surface area contributed by atoms with Crippen LogP contribution in [0.4, 0.5) is 0 Å². The molecule has 0 aliphatic heterocycles. The van der Waals surface area contributed by atoms with Crippen molar-refractivity contribution in [2.75, 3.05) is 0 Å². The van der Waals surface area contributed by atoms with Crippen molar-refractivity contribution in [3.05, 3.63) is 0 Å². The number of rotatable bonds is 9. The number of hydrogen-bond donors (Lipinski definition) is 0. The number of hydrogen-bond acceptors (Lipinski definition) is 2. The minimum atomic E-state index is -0.374. The first-order valence-corrected chi connectivity index (χ1v) is 7.35. The zero-order valence-electron chi connectivity index (χ0n) is 12.8. The molecule has 0 aliphatic carbocycles. The van der Waals surface area contributed by atoms with Gasteiger partial charge in [0.05, 0.1) is 0 Å². The fourth-order valence-corrected chi connectivity index (χ4v) is 1.57. The first-order valence-electron chi connectivity index (χ1n) is 7.35. The maximum Gasteiger partial charge on any atom is 0.550 e. The molecule has 0 radical (unpaired) electrons. The molecule has 0 fully saturated rings. The average Bonchev–Trinajstić information content (AvgIpc) is 2.26. The van der Waals surface area contributed by atoms with Crippen LogP contribution < -0.4 is 0 Å². The van der Waals surface area contributed by atoms with Crippen molar-refractivity contribution >= 4 is 7.12 Å². The molecule has 0 amide bonds. The highest BCUT2D eigenvalue weighted by Crippen LogP contribution is 2.04. The third-order valence-corrected chi connectivity index (χ3v) is 2.42. The fraction of sp³-hybridized carbons (Fsp3) is 0.867. The van der Waals surface area contributed by atoms with Gasteiger partial charge in [0.15, 0.2) is 0 Å². The van der Waals surface area contributed by atoms with Crippen LogP contribution in [0.1, 0.15) is 73.1 Å². The minimum Gasteiger partial charge on any atom is -0.398 e. The third-order valence-electron chi connectivity index (χ3n) is 2.42. The van der Waals surface area contributed by atoms with Gasteiger partial charge >= 0.3 is 7.12 Å². The molecule has 0 N–H and O–H groups in total. The van der Waals surface area contributed by atoms with E-state index in [9.17, 15) is 0 Å². The van der Waals surface area contributed by atoms with Gasteiger partial charge in [0.25, 0.3) is 0 Å². The minimum absolute atomic E-state index is 0.146. The Balaban J connectivity index is 3.85. The summed E-state index contributed by atoms with van der Waals surface area (Å²) in [5, 5.41) is 0. The summed E-state index contributed by atoms with van der Waals surface area (Å²) in [6.07, 6.45) is 7.66. The van der Waals surface area contributed by atoms with E-state index in [1.165, 1.54) is 32.1 Å². The maximum absolute atomic E-state index is 5.61. The van der Waals surface area contributed by atoms with E-state index in [0.29, 0.717) is 0 Å². The summed E-state index contributed by atoms with van der Waals surface area (Å²) in [5.41, 5.74) is 0. The Bertz CT molecular complexity index is 231. The predicted octanol–water partition coefficient (Wildman–Crippen LogP) is 4.23. The molecule has 0 aliphatic rings. The smallest absolute Gasteiger partial charge is 0.398 e. The molecule has 0 heterocycles. The first kappa shape index (κ1) is 17.5. The summed E-state index contributed by atoms with van der Waals surface area (Å²) in [6, 6.07) is 0. The van der Waals surface area contributed by atoms with Gasteiger partial charge in [-0.3, -0.25) is 0 Å². The van der Waals surface area contributed by atoms with E-state index in [0.717, 1.165) is 6.42 Å². The molecule has 0 rings (SSSR count). The van der Waals surface area contributed by atoms with Crippen molar-refractivity contribution in [2.45, 2.75) is 85.4 Å². The van der Waals surface area contributed by atoms with Gasteiger partial charge in [0.2, 0.25) is 0 Å². The van der Waals surface area contributed by atoms with Crippen molar-refractivity contribution in [1.29, 1.82) is 0 Å². The molecule has 0 aromatic carbocycles. The van der Waals surface area contributed by atoms with E-state index in [-0.39, 0.29) is 19.3 Å². The lowest BCUT2D eigenvalue weighted by molar-refractivity contribution is 0.140. The lowest BCUT2D eigenvalue weighted by Crippen LogP contribution is -2.28. The second kappa shape index (κ2) is 11.6. The standard InChI is InChI=1S/C15H29BO2/c1-6-7-8-9-10-11-12-13-16(17-14(2)3)18-15(4)5/h14-15H,6-11H2,1-5H3. The normalized spacial score (nSPS) is 10.6. The Hall–Kier alpha value is -0.455. The SMILES string of the molecule is CCCCCCCC#CB(OC(C)C)OC(C)C. The molecular formula is C15H29BO2. The van der Waals surface area contributed by atoms with Gasteiger partial charge in [0.1, 0.15) is 0 Å². The molecule has 18 heavy (non-hydrogen) atoms. The van der Waals surface area contributed by atoms with Gasteiger partial charge in [-0.2, -0.15) is 0 Å². The largest absolute Gasteiger partial charge is 0.550 e. The molecule has 0 bridgehead atoms. The van der Waals surface area contributed by atoms with Gasteiger partial charge in [0, 0.05) is 18.6 Å². The summed E-state index contributed by atoms with van der Waals surface area (Å²) < 4.78 is 11.2. The van der Waals surface area contributed by atoms with Crippen molar-refractivity contribution in [2.24, 2.45) is 0 Å². The lowest BCUT2D eigenvalue weighted by Gasteiger charge is -2.14. The van der Waals surface area contributed by atoms with Gasteiger partial charge in [-0.15, -0.1) is 5.92 Å². The second-order valence-corrected chi connectivity index (χ2v) is 5.19. The first-order chi connectivity index (χ1) is 8.56. The van der Waals surface area contributed by atoms with Crippen molar-refractivity contribution in [3.63, 3.8) is 0 Å². The molecule has 0 saturated carbocycles. The molecule has 2 nitrogen and oxygen atoms in total. The Kier molecular flexibility index (Phi) is 11.3. The van der Waals surface area contributed by atoms with Gasteiger partial charge in [-0.1, -0.05) is 38.4 Å². The van der Waals surface area contributed by atoms with Crippen LogP contribution in [-0.4, -0.2) is 19.3 Å². The molecular weight excluding hydrogens is 223 g/mol. The Morgan fingerprint density at radius 2 is 1.44 bits per heavy atom. The van der Waals surface area contributed by atoms with Crippen LogP contribution in [-0.2, 0) is 9.31 Å². The third kappa shape index (κ3) is 12.0. The molecule has 0 aromatic heterocycles. The van der Waals surface area contributed by atoms with Crippen LogP contribution >= 0.6 is 0 Å². The van der Waals surface area contributed by atoms with E-state index in [1.54, 1.807) is 0 Å². The highest BCUT2D eigenvalue weighted by atomic mass is 16.6. The van der Waals surface area contributed by atoms with Gasteiger partial charge in [-0.05, 0) is 34.1 Å². The van der Waals surface area contributed by atoms with E-state index in [2.05, 4.69) is 18.7 Å². The van der Waals surface area contributed by atoms with Gasteiger partial charge in [-0.25, -0.2) is 0 Å². The topological polar surface area (TPSA) is 18.5 Å². The van der Waals surface area contributed by atoms with Crippen LogP contribution in [0.3, 0.4) is 0 Å². The van der Waals surface area contributed by atoms with Crippen LogP contribution in [0, 0.1) is 11.7 Å². The zero-order valence-corrected chi connectivity index (χ0v) is 12.8. The molecule has 0 atom stereocenters. The van der Waals surface area contributed by atoms with E-state index >= 15 is 0 Å². The van der Waals surface area contributed by atoms with Crippen molar-refractivity contribution in [3.8, 4) is 11.7 Å². The molecule has 0 aromatic rings. The maximum atomic E-state index is 5.61. The summed E-state index contributed by atoms with van der Waals surface area (Å²) in [4.78, 5) is 0. The van der Waals surface area contributed by atoms with Gasteiger partial charge < -0.3 is 9.31 Å². The average molecular weight is 252 g/mol. The Morgan fingerprint density at radius 1 is 0.889 bits per heavy atom. The zero-order chi connectivity index (χ0) is 13.8.